The molecular weight excluding hydrogens is 247 g/mol. The standard InChI is InChI=1S/C14H13FN2O2/c1-8-2-5-13(18)10(6-8)14(19)17-9-3-4-12(16)11(15)7-9/h2-7,18H,16H2,1H3,(H,17,19). The molecule has 4 N–H and O–H groups in total. The van der Waals surface area contributed by atoms with Crippen LogP contribution in [0.3, 0.4) is 0 Å². The molecule has 0 saturated heterocycles. The summed E-state index contributed by atoms with van der Waals surface area (Å²) < 4.78 is 13.2. The monoisotopic (exact) mass is 260 g/mol. The summed E-state index contributed by atoms with van der Waals surface area (Å²) in [5.74, 6) is -1.24. The van der Waals surface area contributed by atoms with Crippen molar-refractivity contribution in [2.75, 3.05) is 11.1 Å². The van der Waals surface area contributed by atoms with Gasteiger partial charge in [-0.1, -0.05) is 11.6 Å². The number of hydrogen-bond acceptors (Lipinski definition) is 3. The first-order valence-electron chi connectivity index (χ1n) is 5.63. The summed E-state index contributed by atoms with van der Waals surface area (Å²) in [6.07, 6.45) is 0. The molecule has 0 bridgehead atoms. The lowest BCUT2D eigenvalue weighted by Crippen LogP contribution is -2.12. The van der Waals surface area contributed by atoms with Gasteiger partial charge in [0.15, 0.2) is 0 Å². The zero-order chi connectivity index (χ0) is 14.0. The fourth-order valence-electron chi connectivity index (χ4n) is 1.64. The van der Waals surface area contributed by atoms with Gasteiger partial charge in [-0.3, -0.25) is 4.79 Å². The summed E-state index contributed by atoms with van der Waals surface area (Å²) in [6.45, 7) is 1.80. The van der Waals surface area contributed by atoms with Gasteiger partial charge in [-0.15, -0.1) is 0 Å². The van der Waals surface area contributed by atoms with Gasteiger partial charge in [0.2, 0.25) is 0 Å². The molecular formula is C14H13FN2O2. The van der Waals surface area contributed by atoms with Crippen molar-refractivity contribution < 1.29 is 14.3 Å². The number of nitrogen functional groups attached to an aromatic ring is 1. The molecule has 0 aliphatic heterocycles. The lowest BCUT2D eigenvalue weighted by atomic mass is 10.1. The van der Waals surface area contributed by atoms with E-state index in [4.69, 9.17) is 5.73 Å². The Kier molecular flexibility index (Phi) is 3.37. The third-order valence-electron chi connectivity index (χ3n) is 2.66. The van der Waals surface area contributed by atoms with E-state index in [-0.39, 0.29) is 22.7 Å². The number of benzene rings is 2. The highest BCUT2D eigenvalue weighted by atomic mass is 19.1. The molecule has 0 atom stereocenters. The summed E-state index contributed by atoms with van der Waals surface area (Å²) in [5, 5.41) is 12.1. The molecule has 2 rings (SSSR count). The molecule has 0 unspecified atom stereocenters. The second kappa shape index (κ2) is 4.97. The lowest BCUT2D eigenvalue weighted by molar-refractivity contribution is 0.102. The second-order valence-corrected chi connectivity index (χ2v) is 4.21. The van der Waals surface area contributed by atoms with Crippen LogP contribution >= 0.6 is 0 Å². The predicted octanol–water partition coefficient (Wildman–Crippen LogP) is 2.67. The Morgan fingerprint density at radius 1 is 1.26 bits per heavy atom. The number of nitrogens with two attached hydrogens (primary N) is 1. The fourth-order valence-corrected chi connectivity index (χ4v) is 1.64. The summed E-state index contributed by atoms with van der Waals surface area (Å²) in [4.78, 5) is 12.0. The van der Waals surface area contributed by atoms with E-state index < -0.39 is 11.7 Å². The molecule has 0 saturated carbocycles. The van der Waals surface area contributed by atoms with Gasteiger partial charge < -0.3 is 16.2 Å². The van der Waals surface area contributed by atoms with Gasteiger partial charge in [-0.2, -0.15) is 0 Å². The van der Waals surface area contributed by atoms with E-state index >= 15 is 0 Å². The number of hydrogen-bond donors (Lipinski definition) is 3. The van der Waals surface area contributed by atoms with Crippen molar-refractivity contribution in [3.8, 4) is 5.75 Å². The number of carbonyl (C=O) groups is 1. The number of rotatable bonds is 2. The van der Waals surface area contributed by atoms with E-state index in [1.165, 1.54) is 18.2 Å². The second-order valence-electron chi connectivity index (χ2n) is 4.21. The molecule has 19 heavy (non-hydrogen) atoms. The van der Waals surface area contributed by atoms with Crippen LogP contribution < -0.4 is 11.1 Å². The molecule has 2 aromatic carbocycles. The van der Waals surface area contributed by atoms with Crippen LogP contribution in [-0.4, -0.2) is 11.0 Å². The van der Waals surface area contributed by atoms with Crippen LogP contribution in [0.5, 0.6) is 5.75 Å². The first-order chi connectivity index (χ1) is 8.97. The van der Waals surface area contributed by atoms with Crippen molar-refractivity contribution in [3.63, 3.8) is 0 Å². The minimum atomic E-state index is -0.605. The predicted molar refractivity (Wildman–Crippen MR) is 71.6 cm³/mol. The minimum Gasteiger partial charge on any atom is -0.507 e. The van der Waals surface area contributed by atoms with Crippen molar-refractivity contribution in [2.45, 2.75) is 6.92 Å². The third kappa shape index (κ3) is 2.82. The average Bonchev–Trinajstić information content (AvgIpc) is 2.36. The largest absolute Gasteiger partial charge is 0.507 e. The Balaban J connectivity index is 2.25. The van der Waals surface area contributed by atoms with Crippen molar-refractivity contribution in [1.82, 2.24) is 0 Å². The number of aryl methyl sites for hydroxylation is 1. The molecule has 0 aromatic heterocycles. The molecule has 2 aromatic rings. The van der Waals surface area contributed by atoms with Crippen LogP contribution in [0.25, 0.3) is 0 Å². The quantitative estimate of drug-likeness (QED) is 0.727. The number of carbonyl (C=O) groups excluding carboxylic acids is 1. The minimum absolute atomic E-state index is 0.0106. The van der Waals surface area contributed by atoms with Gasteiger partial charge in [-0.05, 0) is 37.3 Å². The zero-order valence-corrected chi connectivity index (χ0v) is 10.3. The average molecular weight is 260 g/mol. The SMILES string of the molecule is Cc1ccc(O)c(C(=O)Nc2ccc(N)c(F)c2)c1. The summed E-state index contributed by atoms with van der Waals surface area (Å²) in [6, 6.07) is 8.66. The highest BCUT2D eigenvalue weighted by Gasteiger charge is 2.12. The lowest BCUT2D eigenvalue weighted by Gasteiger charge is -2.08. The maximum atomic E-state index is 13.2. The number of phenolic OH excluding ortho intramolecular Hbond substituents is 1. The van der Waals surface area contributed by atoms with Crippen LogP contribution in [-0.2, 0) is 0 Å². The Morgan fingerprint density at radius 2 is 2.00 bits per heavy atom. The van der Waals surface area contributed by atoms with Gasteiger partial charge in [0.1, 0.15) is 11.6 Å². The van der Waals surface area contributed by atoms with Gasteiger partial charge in [0, 0.05) is 5.69 Å². The van der Waals surface area contributed by atoms with Crippen molar-refractivity contribution in [2.24, 2.45) is 0 Å². The van der Waals surface area contributed by atoms with Crippen molar-refractivity contribution in [1.29, 1.82) is 0 Å². The van der Waals surface area contributed by atoms with Gasteiger partial charge in [0.05, 0.1) is 11.3 Å². The third-order valence-corrected chi connectivity index (χ3v) is 2.66. The summed E-state index contributed by atoms with van der Waals surface area (Å²) in [7, 11) is 0. The van der Waals surface area contributed by atoms with Gasteiger partial charge in [0.25, 0.3) is 5.91 Å². The topological polar surface area (TPSA) is 75.3 Å². The maximum Gasteiger partial charge on any atom is 0.259 e. The first-order valence-corrected chi connectivity index (χ1v) is 5.63. The van der Waals surface area contributed by atoms with E-state index in [1.807, 2.05) is 0 Å². The van der Waals surface area contributed by atoms with Crippen LogP contribution in [0.2, 0.25) is 0 Å². The number of anilines is 2. The van der Waals surface area contributed by atoms with Crippen LogP contribution in [0.1, 0.15) is 15.9 Å². The molecule has 0 fully saturated rings. The molecule has 4 nitrogen and oxygen atoms in total. The Bertz CT molecular complexity index is 641. The Labute approximate surface area is 109 Å². The highest BCUT2D eigenvalue weighted by Crippen LogP contribution is 2.21. The molecule has 0 spiro atoms. The zero-order valence-electron chi connectivity index (χ0n) is 10.3. The van der Waals surface area contributed by atoms with Crippen LogP contribution in [0.15, 0.2) is 36.4 Å². The Hall–Kier alpha value is -2.56. The van der Waals surface area contributed by atoms with Crippen LogP contribution in [0, 0.1) is 12.7 Å². The van der Waals surface area contributed by atoms with E-state index in [0.717, 1.165) is 11.6 Å². The molecule has 1 amide bonds. The first kappa shape index (κ1) is 12.9. The number of amides is 1. The summed E-state index contributed by atoms with van der Waals surface area (Å²) >= 11 is 0. The summed E-state index contributed by atoms with van der Waals surface area (Å²) in [5.41, 5.74) is 6.61. The highest BCUT2D eigenvalue weighted by molar-refractivity contribution is 6.06. The number of nitrogens with one attached hydrogen (secondary N) is 1. The fraction of sp³-hybridized carbons (Fsp3) is 0.0714. The normalized spacial score (nSPS) is 10.2. The number of aromatic hydroxyl groups is 1. The maximum absolute atomic E-state index is 13.2. The van der Waals surface area contributed by atoms with E-state index in [0.29, 0.717) is 0 Å². The van der Waals surface area contributed by atoms with Gasteiger partial charge in [-0.25, -0.2) is 4.39 Å². The van der Waals surface area contributed by atoms with Gasteiger partial charge >= 0.3 is 0 Å². The van der Waals surface area contributed by atoms with Crippen LogP contribution in [0.4, 0.5) is 15.8 Å². The van der Waals surface area contributed by atoms with E-state index in [9.17, 15) is 14.3 Å². The molecule has 0 radical (unpaired) electrons. The molecule has 0 heterocycles. The number of phenols is 1. The van der Waals surface area contributed by atoms with Crippen molar-refractivity contribution in [3.05, 3.63) is 53.3 Å². The smallest absolute Gasteiger partial charge is 0.259 e. The molecule has 5 heteroatoms. The molecule has 98 valence electrons. The van der Waals surface area contributed by atoms with E-state index in [1.54, 1.807) is 19.1 Å². The molecule has 0 aliphatic rings. The van der Waals surface area contributed by atoms with Crippen molar-refractivity contribution >= 4 is 17.3 Å². The number of halogens is 1. The molecule has 0 aliphatic carbocycles. The van der Waals surface area contributed by atoms with E-state index in [2.05, 4.69) is 5.32 Å². The Morgan fingerprint density at radius 3 is 2.68 bits per heavy atom.